The number of carbonyl (C=O) groups excluding carboxylic acids is 1. The van der Waals surface area contributed by atoms with E-state index < -0.39 is 0 Å². The Labute approximate surface area is 88.2 Å². The van der Waals surface area contributed by atoms with E-state index in [1.807, 2.05) is 13.8 Å². The number of nitrogens with one attached hydrogen (secondary N) is 2. The highest BCUT2D eigenvalue weighted by molar-refractivity contribution is 5.94. The molecule has 1 aromatic rings. The highest BCUT2D eigenvalue weighted by Crippen LogP contribution is 2.25. The lowest BCUT2D eigenvalue weighted by atomic mass is 9.94. The van der Waals surface area contributed by atoms with Gasteiger partial charge >= 0.3 is 0 Å². The normalized spacial score (nSPS) is 30.4. The second-order valence-corrected chi connectivity index (χ2v) is 4.12. The van der Waals surface area contributed by atoms with Crippen molar-refractivity contribution in [3.8, 4) is 0 Å². The standard InChI is InChI=1S/C10H15N3O2/c1-7-10(2,3-4-15-7)13-9(14)8-5-11-12-6-8/h5-7H,3-4H2,1-2H3,(H,11,12)(H,13,14). The molecule has 2 N–H and O–H groups in total. The molecule has 1 amide bonds. The minimum absolute atomic E-state index is 0.0494. The van der Waals surface area contributed by atoms with Crippen LogP contribution in [0.5, 0.6) is 0 Å². The Hall–Kier alpha value is -1.36. The molecule has 5 heteroatoms. The van der Waals surface area contributed by atoms with Crippen LogP contribution < -0.4 is 5.32 Å². The lowest BCUT2D eigenvalue weighted by Crippen LogP contribution is -2.50. The first-order valence-electron chi connectivity index (χ1n) is 5.05. The van der Waals surface area contributed by atoms with Crippen molar-refractivity contribution in [1.29, 1.82) is 0 Å². The zero-order valence-corrected chi connectivity index (χ0v) is 8.91. The number of rotatable bonds is 2. The summed E-state index contributed by atoms with van der Waals surface area (Å²) in [7, 11) is 0. The van der Waals surface area contributed by atoms with Gasteiger partial charge in [0.2, 0.25) is 0 Å². The van der Waals surface area contributed by atoms with Gasteiger partial charge in [-0.25, -0.2) is 0 Å². The smallest absolute Gasteiger partial charge is 0.254 e. The molecule has 0 radical (unpaired) electrons. The molecule has 0 bridgehead atoms. The maximum atomic E-state index is 11.8. The third-order valence-corrected chi connectivity index (χ3v) is 3.05. The van der Waals surface area contributed by atoms with Gasteiger partial charge in [0.15, 0.2) is 0 Å². The second-order valence-electron chi connectivity index (χ2n) is 4.12. The lowest BCUT2D eigenvalue weighted by Gasteiger charge is -2.28. The first-order chi connectivity index (χ1) is 7.12. The third-order valence-electron chi connectivity index (χ3n) is 3.05. The predicted octanol–water partition coefficient (Wildman–Crippen LogP) is 0.707. The zero-order chi connectivity index (χ0) is 10.9. The fourth-order valence-electron chi connectivity index (χ4n) is 1.71. The predicted molar refractivity (Wildman–Crippen MR) is 54.5 cm³/mol. The number of aromatic amines is 1. The SMILES string of the molecule is CC1OCCC1(C)NC(=O)c1cn[nH]c1. The summed E-state index contributed by atoms with van der Waals surface area (Å²) in [6.45, 7) is 4.68. The average Bonchev–Trinajstić information content (AvgIpc) is 2.78. The van der Waals surface area contributed by atoms with Crippen molar-refractivity contribution in [2.75, 3.05) is 6.61 Å². The summed E-state index contributed by atoms with van der Waals surface area (Å²) in [6.07, 6.45) is 3.99. The molecule has 0 saturated carbocycles. The van der Waals surface area contributed by atoms with Gasteiger partial charge in [0.25, 0.3) is 5.91 Å². The summed E-state index contributed by atoms with van der Waals surface area (Å²) in [4.78, 5) is 11.8. The van der Waals surface area contributed by atoms with Gasteiger partial charge in [-0.15, -0.1) is 0 Å². The summed E-state index contributed by atoms with van der Waals surface area (Å²) in [5.41, 5.74) is 0.282. The van der Waals surface area contributed by atoms with Crippen molar-refractivity contribution in [3.63, 3.8) is 0 Å². The summed E-state index contributed by atoms with van der Waals surface area (Å²) in [5.74, 6) is -0.108. The number of carbonyl (C=O) groups is 1. The Bertz CT molecular complexity index is 350. The molecule has 1 fully saturated rings. The van der Waals surface area contributed by atoms with Gasteiger partial charge in [0.1, 0.15) is 0 Å². The van der Waals surface area contributed by atoms with Crippen LogP contribution in [-0.4, -0.2) is 34.4 Å². The van der Waals surface area contributed by atoms with Crippen molar-refractivity contribution in [2.45, 2.75) is 31.9 Å². The Balaban J connectivity index is 2.06. The molecule has 1 saturated heterocycles. The largest absolute Gasteiger partial charge is 0.376 e. The maximum absolute atomic E-state index is 11.8. The van der Waals surface area contributed by atoms with E-state index in [2.05, 4.69) is 15.5 Å². The van der Waals surface area contributed by atoms with Crippen LogP contribution in [-0.2, 0) is 4.74 Å². The van der Waals surface area contributed by atoms with E-state index in [4.69, 9.17) is 4.74 Å². The summed E-state index contributed by atoms with van der Waals surface area (Å²) < 4.78 is 5.45. The van der Waals surface area contributed by atoms with Crippen LogP contribution in [0.3, 0.4) is 0 Å². The Morgan fingerprint density at radius 3 is 3.13 bits per heavy atom. The van der Waals surface area contributed by atoms with E-state index in [0.717, 1.165) is 6.42 Å². The van der Waals surface area contributed by atoms with Crippen molar-refractivity contribution in [3.05, 3.63) is 18.0 Å². The van der Waals surface area contributed by atoms with Crippen LogP contribution in [0, 0.1) is 0 Å². The molecule has 2 atom stereocenters. The van der Waals surface area contributed by atoms with Crippen molar-refractivity contribution >= 4 is 5.91 Å². The quantitative estimate of drug-likeness (QED) is 0.753. The molecule has 0 aromatic carbocycles. The number of hydrogen-bond donors (Lipinski definition) is 2. The van der Waals surface area contributed by atoms with Crippen molar-refractivity contribution in [2.24, 2.45) is 0 Å². The molecule has 0 aliphatic carbocycles. The van der Waals surface area contributed by atoms with Crippen molar-refractivity contribution in [1.82, 2.24) is 15.5 Å². The highest BCUT2D eigenvalue weighted by atomic mass is 16.5. The maximum Gasteiger partial charge on any atom is 0.254 e. The fourth-order valence-corrected chi connectivity index (χ4v) is 1.71. The number of aromatic nitrogens is 2. The van der Waals surface area contributed by atoms with Crippen LogP contribution in [0.1, 0.15) is 30.6 Å². The van der Waals surface area contributed by atoms with Crippen LogP contribution >= 0.6 is 0 Å². The first-order valence-corrected chi connectivity index (χ1v) is 5.05. The summed E-state index contributed by atoms with van der Waals surface area (Å²) in [5, 5.41) is 9.34. The Morgan fingerprint density at radius 2 is 2.60 bits per heavy atom. The molecule has 2 unspecified atom stereocenters. The van der Waals surface area contributed by atoms with E-state index >= 15 is 0 Å². The van der Waals surface area contributed by atoms with E-state index in [0.29, 0.717) is 12.2 Å². The van der Waals surface area contributed by atoms with Crippen LogP contribution in [0.2, 0.25) is 0 Å². The number of ether oxygens (including phenoxy) is 1. The van der Waals surface area contributed by atoms with E-state index in [-0.39, 0.29) is 17.6 Å². The van der Waals surface area contributed by atoms with Crippen LogP contribution in [0.4, 0.5) is 0 Å². The minimum atomic E-state index is -0.269. The molecule has 1 aliphatic rings. The van der Waals surface area contributed by atoms with Gasteiger partial charge in [0.05, 0.1) is 23.4 Å². The monoisotopic (exact) mass is 209 g/mol. The van der Waals surface area contributed by atoms with Gasteiger partial charge in [-0.05, 0) is 20.3 Å². The molecule has 82 valence electrons. The van der Waals surface area contributed by atoms with Crippen molar-refractivity contribution < 1.29 is 9.53 Å². The second kappa shape index (κ2) is 3.66. The lowest BCUT2D eigenvalue weighted by molar-refractivity contribution is 0.0727. The molecule has 2 rings (SSSR count). The fraction of sp³-hybridized carbons (Fsp3) is 0.600. The molecule has 5 nitrogen and oxygen atoms in total. The molecular formula is C10H15N3O2. The van der Waals surface area contributed by atoms with Gasteiger partial charge in [-0.2, -0.15) is 5.10 Å². The summed E-state index contributed by atoms with van der Waals surface area (Å²) >= 11 is 0. The average molecular weight is 209 g/mol. The minimum Gasteiger partial charge on any atom is -0.376 e. The van der Waals surface area contributed by atoms with Gasteiger partial charge in [-0.1, -0.05) is 0 Å². The number of nitrogens with zero attached hydrogens (tertiary/aromatic N) is 1. The zero-order valence-electron chi connectivity index (χ0n) is 8.91. The molecular weight excluding hydrogens is 194 g/mol. The molecule has 1 aliphatic heterocycles. The first kappa shape index (κ1) is 10.2. The highest BCUT2D eigenvalue weighted by Gasteiger charge is 2.38. The third kappa shape index (κ3) is 1.87. The van der Waals surface area contributed by atoms with Gasteiger partial charge in [-0.3, -0.25) is 9.89 Å². The van der Waals surface area contributed by atoms with Gasteiger partial charge in [0, 0.05) is 12.8 Å². The molecule has 2 heterocycles. The van der Waals surface area contributed by atoms with E-state index in [9.17, 15) is 4.79 Å². The van der Waals surface area contributed by atoms with Crippen LogP contribution in [0.15, 0.2) is 12.4 Å². The Kier molecular flexibility index (Phi) is 2.48. The molecule has 1 aromatic heterocycles. The van der Waals surface area contributed by atoms with E-state index in [1.54, 1.807) is 6.20 Å². The van der Waals surface area contributed by atoms with E-state index in [1.165, 1.54) is 6.20 Å². The number of amides is 1. The molecule has 15 heavy (non-hydrogen) atoms. The Morgan fingerprint density at radius 1 is 1.80 bits per heavy atom. The topological polar surface area (TPSA) is 67.0 Å². The summed E-state index contributed by atoms with van der Waals surface area (Å²) in [6, 6.07) is 0. The van der Waals surface area contributed by atoms with Crippen LogP contribution in [0.25, 0.3) is 0 Å². The molecule has 0 spiro atoms. The van der Waals surface area contributed by atoms with Gasteiger partial charge < -0.3 is 10.1 Å². The number of hydrogen-bond acceptors (Lipinski definition) is 3. The number of H-pyrrole nitrogens is 1.